The van der Waals surface area contributed by atoms with Crippen molar-refractivity contribution in [2.24, 2.45) is 5.10 Å². The molecule has 24 heavy (non-hydrogen) atoms. The third kappa shape index (κ3) is 3.46. The van der Waals surface area contributed by atoms with Crippen molar-refractivity contribution in [1.29, 1.82) is 0 Å². The summed E-state index contributed by atoms with van der Waals surface area (Å²) in [6.45, 7) is 3.02. The molecule has 0 atom stereocenters. The van der Waals surface area contributed by atoms with Crippen molar-refractivity contribution in [3.8, 4) is 0 Å². The zero-order valence-electron chi connectivity index (χ0n) is 13.5. The number of anilines is 1. The second kappa shape index (κ2) is 7.27. The number of methoxy groups -OCH3 is 1. The van der Waals surface area contributed by atoms with E-state index in [0.29, 0.717) is 10.8 Å². The number of hydrazone groups is 1. The highest BCUT2D eigenvalue weighted by Crippen LogP contribution is 2.20. The van der Waals surface area contributed by atoms with Crippen LogP contribution < -0.4 is 5.43 Å². The molecule has 124 valence electrons. The largest absolute Gasteiger partial charge is 0.469 e. The van der Waals surface area contributed by atoms with Crippen molar-refractivity contribution in [2.75, 3.05) is 12.5 Å². The van der Waals surface area contributed by atoms with Crippen LogP contribution in [0.15, 0.2) is 40.9 Å². The van der Waals surface area contributed by atoms with Crippen LogP contribution in [0.5, 0.6) is 0 Å². The number of aromatic nitrogens is 2. The maximum Gasteiger partial charge on any atom is 0.311 e. The molecule has 0 aliphatic rings. The quantitative estimate of drug-likeness (QED) is 0.424. The van der Waals surface area contributed by atoms with E-state index >= 15 is 0 Å². The summed E-state index contributed by atoms with van der Waals surface area (Å²) in [7, 11) is 1.37. The number of benzene rings is 1. The summed E-state index contributed by atoms with van der Waals surface area (Å²) >= 11 is 1.40. The number of para-hydroxylation sites is 1. The van der Waals surface area contributed by atoms with Crippen LogP contribution in [0.25, 0.3) is 10.9 Å². The van der Waals surface area contributed by atoms with Crippen molar-refractivity contribution < 1.29 is 9.53 Å². The molecular formula is C17H18N4O2S. The van der Waals surface area contributed by atoms with Crippen LogP contribution in [0.2, 0.25) is 0 Å². The normalized spacial score (nSPS) is 11.2. The Morgan fingerprint density at radius 1 is 1.46 bits per heavy atom. The highest BCUT2D eigenvalue weighted by atomic mass is 32.1. The highest BCUT2D eigenvalue weighted by Gasteiger charge is 2.07. The van der Waals surface area contributed by atoms with Crippen LogP contribution >= 0.6 is 11.3 Å². The topological polar surface area (TPSA) is 68.5 Å². The lowest BCUT2D eigenvalue weighted by atomic mass is 10.2. The van der Waals surface area contributed by atoms with Gasteiger partial charge in [-0.1, -0.05) is 18.2 Å². The van der Waals surface area contributed by atoms with E-state index in [4.69, 9.17) is 0 Å². The molecule has 0 aliphatic heterocycles. The molecule has 0 bridgehead atoms. The highest BCUT2D eigenvalue weighted by molar-refractivity contribution is 7.13. The van der Waals surface area contributed by atoms with E-state index in [9.17, 15) is 4.79 Å². The Morgan fingerprint density at radius 3 is 3.08 bits per heavy atom. The van der Waals surface area contributed by atoms with E-state index in [-0.39, 0.29) is 12.4 Å². The first-order chi connectivity index (χ1) is 11.7. The van der Waals surface area contributed by atoms with Gasteiger partial charge in [0.25, 0.3) is 0 Å². The molecule has 0 fully saturated rings. The number of hydrogen-bond donors (Lipinski definition) is 1. The summed E-state index contributed by atoms with van der Waals surface area (Å²) in [6, 6.07) is 8.24. The second-order valence-corrected chi connectivity index (χ2v) is 6.01. The molecule has 3 rings (SSSR count). The van der Waals surface area contributed by atoms with Gasteiger partial charge in [-0.25, -0.2) is 4.98 Å². The standard InChI is InChI=1S/C17H18N4O2S/c1-3-21-10-12(14-6-4-5-7-15(14)21)9-18-20-17-19-13(11-24-17)8-16(22)23-2/h4-7,9-11H,3,8H2,1-2H3,(H,19,20)/b18-9-. The average Bonchev–Trinajstić information content (AvgIpc) is 3.19. The monoisotopic (exact) mass is 342 g/mol. The minimum absolute atomic E-state index is 0.169. The summed E-state index contributed by atoms with van der Waals surface area (Å²) in [5.41, 5.74) is 5.82. The fourth-order valence-corrected chi connectivity index (χ4v) is 3.12. The van der Waals surface area contributed by atoms with E-state index in [1.165, 1.54) is 24.0 Å². The molecule has 1 aromatic carbocycles. The van der Waals surface area contributed by atoms with E-state index in [1.54, 1.807) is 6.21 Å². The fraction of sp³-hybridized carbons (Fsp3) is 0.235. The molecule has 0 radical (unpaired) electrons. The minimum atomic E-state index is -0.303. The lowest BCUT2D eigenvalue weighted by molar-refractivity contribution is -0.139. The predicted molar refractivity (Wildman–Crippen MR) is 96.7 cm³/mol. The Labute approximate surface area is 143 Å². The third-order valence-electron chi connectivity index (χ3n) is 3.63. The zero-order valence-corrected chi connectivity index (χ0v) is 14.3. The summed E-state index contributed by atoms with van der Waals surface area (Å²) in [6.07, 6.45) is 4.04. The van der Waals surface area contributed by atoms with Gasteiger partial charge >= 0.3 is 5.97 Å². The molecule has 0 aliphatic carbocycles. The van der Waals surface area contributed by atoms with Gasteiger partial charge in [0.1, 0.15) is 0 Å². The number of carbonyl (C=O) groups is 1. The van der Waals surface area contributed by atoms with E-state index in [2.05, 4.69) is 50.1 Å². The number of thiazole rings is 1. The van der Waals surface area contributed by atoms with Crippen LogP contribution in [-0.4, -0.2) is 28.8 Å². The Hall–Kier alpha value is -2.67. The number of rotatable bonds is 6. The van der Waals surface area contributed by atoms with Gasteiger partial charge in [0, 0.05) is 34.6 Å². The molecule has 0 spiro atoms. The van der Waals surface area contributed by atoms with Gasteiger partial charge in [0.15, 0.2) is 0 Å². The third-order valence-corrected chi connectivity index (χ3v) is 4.42. The number of nitrogens with zero attached hydrogens (tertiary/aromatic N) is 3. The maximum absolute atomic E-state index is 11.2. The van der Waals surface area contributed by atoms with Crippen LogP contribution in [0.1, 0.15) is 18.2 Å². The SMILES string of the molecule is CCn1cc(/C=N\Nc2nc(CC(=O)OC)cs2)c2ccccc21. The number of aryl methyl sites for hydroxylation is 1. The summed E-state index contributed by atoms with van der Waals surface area (Å²) in [5, 5.41) is 7.89. The maximum atomic E-state index is 11.2. The smallest absolute Gasteiger partial charge is 0.311 e. The molecule has 3 aromatic rings. The first kappa shape index (κ1) is 16.2. The first-order valence-corrected chi connectivity index (χ1v) is 8.47. The van der Waals surface area contributed by atoms with Gasteiger partial charge in [-0.15, -0.1) is 11.3 Å². The Morgan fingerprint density at radius 2 is 2.29 bits per heavy atom. The van der Waals surface area contributed by atoms with Crippen molar-refractivity contribution in [3.05, 3.63) is 47.1 Å². The number of ether oxygens (including phenoxy) is 1. The van der Waals surface area contributed by atoms with Gasteiger partial charge in [-0.2, -0.15) is 5.10 Å². The number of fused-ring (bicyclic) bond motifs is 1. The lowest BCUT2D eigenvalue weighted by Crippen LogP contribution is -2.04. The summed E-state index contributed by atoms with van der Waals surface area (Å²) < 4.78 is 6.82. The second-order valence-electron chi connectivity index (χ2n) is 5.15. The van der Waals surface area contributed by atoms with Gasteiger partial charge in [0.2, 0.25) is 5.13 Å². The lowest BCUT2D eigenvalue weighted by Gasteiger charge is -1.97. The van der Waals surface area contributed by atoms with Crippen LogP contribution in [-0.2, 0) is 22.5 Å². The van der Waals surface area contributed by atoms with E-state index in [1.807, 2.05) is 17.5 Å². The number of esters is 1. The van der Waals surface area contributed by atoms with Gasteiger partial charge in [-0.3, -0.25) is 10.2 Å². The molecule has 0 unspecified atom stereocenters. The number of nitrogens with one attached hydrogen (secondary N) is 1. The summed E-state index contributed by atoms with van der Waals surface area (Å²) in [5.74, 6) is -0.303. The van der Waals surface area contributed by atoms with E-state index < -0.39 is 0 Å². The molecular weight excluding hydrogens is 324 g/mol. The zero-order chi connectivity index (χ0) is 16.9. The molecule has 0 saturated carbocycles. The Bertz CT molecular complexity index is 882. The molecule has 0 amide bonds. The van der Waals surface area contributed by atoms with Crippen molar-refractivity contribution >= 4 is 39.6 Å². The molecule has 7 heteroatoms. The molecule has 2 heterocycles. The van der Waals surface area contributed by atoms with Crippen LogP contribution in [0.4, 0.5) is 5.13 Å². The minimum Gasteiger partial charge on any atom is -0.469 e. The molecule has 1 N–H and O–H groups in total. The molecule has 0 saturated heterocycles. The number of hydrogen-bond acceptors (Lipinski definition) is 6. The molecule has 2 aromatic heterocycles. The predicted octanol–water partition coefficient (Wildman–Crippen LogP) is 3.28. The molecule has 6 nitrogen and oxygen atoms in total. The number of carbonyl (C=O) groups excluding carboxylic acids is 1. The fourth-order valence-electron chi connectivity index (χ4n) is 2.46. The van der Waals surface area contributed by atoms with Crippen molar-refractivity contribution in [1.82, 2.24) is 9.55 Å². The van der Waals surface area contributed by atoms with Crippen molar-refractivity contribution in [3.63, 3.8) is 0 Å². The van der Waals surface area contributed by atoms with E-state index in [0.717, 1.165) is 17.5 Å². The Kier molecular flexibility index (Phi) is 4.90. The van der Waals surface area contributed by atoms with Crippen LogP contribution in [0, 0.1) is 0 Å². The first-order valence-electron chi connectivity index (χ1n) is 7.59. The van der Waals surface area contributed by atoms with Gasteiger partial charge < -0.3 is 9.30 Å². The van der Waals surface area contributed by atoms with Crippen LogP contribution in [0.3, 0.4) is 0 Å². The average molecular weight is 342 g/mol. The van der Waals surface area contributed by atoms with Gasteiger partial charge in [-0.05, 0) is 13.0 Å². The van der Waals surface area contributed by atoms with Gasteiger partial charge in [0.05, 0.1) is 25.4 Å². The Balaban J connectivity index is 1.72. The van der Waals surface area contributed by atoms with Crippen molar-refractivity contribution in [2.45, 2.75) is 19.9 Å². The summed E-state index contributed by atoms with van der Waals surface area (Å²) in [4.78, 5) is 15.5.